The summed E-state index contributed by atoms with van der Waals surface area (Å²) in [6.07, 6.45) is 4.53. The maximum atomic E-state index is 14.9. The number of methoxy groups -OCH3 is 1. The molecule has 5 rings (SSSR count). The number of halogens is 2. The zero-order valence-corrected chi connectivity index (χ0v) is 22.0. The Hall–Kier alpha value is -4.36. The molecule has 0 aliphatic carbocycles. The maximum absolute atomic E-state index is 14.9. The number of hydrogen-bond donors (Lipinski definition) is 4. The van der Waals surface area contributed by atoms with Crippen molar-refractivity contribution in [2.45, 2.75) is 25.4 Å². The van der Waals surface area contributed by atoms with E-state index >= 15 is 0 Å². The van der Waals surface area contributed by atoms with Crippen LogP contribution in [0.25, 0.3) is 16.8 Å². The van der Waals surface area contributed by atoms with Gasteiger partial charge in [-0.1, -0.05) is 6.92 Å². The number of aliphatic hydroxyl groups excluding tert-OH is 1. The second-order valence-corrected chi connectivity index (χ2v) is 9.77. The highest BCUT2D eigenvalue weighted by Gasteiger charge is 2.34. The minimum Gasteiger partial charge on any atom is -0.453 e. The molecule has 4 heterocycles. The molecule has 0 spiro atoms. The molecule has 1 aliphatic rings. The molecule has 1 saturated heterocycles. The standard InChI is InChI=1S/C27H30F2N8O3/c1-15-13-36(14-20(30)25(15)34-27(39)40-2)23-5-7-31-12-22(23)33-26-32-11-17-3-4-21(35-37(17)26)24-18(28)9-16(6-8-38)10-19(24)29/h3-5,7,9-12,15,20,25,38H,6,8,13-14,30H2,1-2H3,(H,32,33)(H,34,39)/t15-,20+,25-/m0/s1. The van der Waals surface area contributed by atoms with E-state index in [1.54, 1.807) is 24.7 Å². The van der Waals surface area contributed by atoms with Crippen molar-refractivity contribution in [1.82, 2.24) is 24.9 Å². The van der Waals surface area contributed by atoms with Gasteiger partial charge in [-0.05, 0) is 48.2 Å². The van der Waals surface area contributed by atoms with E-state index < -0.39 is 17.7 Å². The lowest BCUT2D eigenvalue weighted by molar-refractivity contribution is 0.156. The number of hydrogen-bond acceptors (Lipinski definition) is 9. The molecule has 40 heavy (non-hydrogen) atoms. The number of ether oxygens (including phenoxy) is 1. The average molecular weight is 553 g/mol. The number of nitrogens with zero attached hydrogens (tertiary/aromatic N) is 5. The Morgan fingerprint density at radius 2 is 1.98 bits per heavy atom. The van der Waals surface area contributed by atoms with E-state index in [0.29, 0.717) is 35.8 Å². The van der Waals surface area contributed by atoms with Crippen LogP contribution in [-0.2, 0) is 11.2 Å². The van der Waals surface area contributed by atoms with E-state index in [4.69, 9.17) is 15.6 Å². The van der Waals surface area contributed by atoms with Crippen LogP contribution in [0.3, 0.4) is 0 Å². The summed E-state index contributed by atoms with van der Waals surface area (Å²) in [6.45, 7) is 2.86. The molecule has 13 heteroatoms. The summed E-state index contributed by atoms with van der Waals surface area (Å²) >= 11 is 0. The molecule has 3 atom stereocenters. The molecule has 1 aromatic carbocycles. The summed E-state index contributed by atoms with van der Waals surface area (Å²) in [5, 5.41) is 19.6. The summed E-state index contributed by atoms with van der Waals surface area (Å²) in [6, 6.07) is 6.84. The topological polar surface area (TPSA) is 143 Å². The van der Waals surface area contributed by atoms with Crippen molar-refractivity contribution in [2.24, 2.45) is 11.7 Å². The van der Waals surface area contributed by atoms with E-state index in [1.165, 1.54) is 29.8 Å². The van der Waals surface area contributed by atoms with Gasteiger partial charge in [0.15, 0.2) is 0 Å². The number of anilines is 3. The molecule has 0 unspecified atom stereocenters. The Morgan fingerprint density at radius 1 is 1.20 bits per heavy atom. The number of nitrogens with one attached hydrogen (secondary N) is 2. The van der Waals surface area contributed by atoms with Gasteiger partial charge in [-0.25, -0.2) is 18.6 Å². The lowest BCUT2D eigenvalue weighted by Gasteiger charge is -2.42. The van der Waals surface area contributed by atoms with Gasteiger partial charge in [-0.3, -0.25) is 4.98 Å². The largest absolute Gasteiger partial charge is 0.453 e. The van der Waals surface area contributed by atoms with Crippen LogP contribution < -0.4 is 21.3 Å². The summed E-state index contributed by atoms with van der Waals surface area (Å²) in [5.74, 6) is -1.19. The van der Waals surface area contributed by atoms with Crippen LogP contribution in [0.5, 0.6) is 0 Å². The van der Waals surface area contributed by atoms with E-state index in [-0.39, 0.29) is 42.3 Å². The highest BCUT2D eigenvalue weighted by Crippen LogP contribution is 2.32. The summed E-state index contributed by atoms with van der Waals surface area (Å²) in [4.78, 5) is 22.5. The van der Waals surface area contributed by atoms with Crippen molar-refractivity contribution in [3.8, 4) is 11.3 Å². The third-order valence-electron chi connectivity index (χ3n) is 7.01. The predicted molar refractivity (Wildman–Crippen MR) is 145 cm³/mol. The molecule has 0 bridgehead atoms. The molecule has 1 amide bonds. The highest BCUT2D eigenvalue weighted by atomic mass is 19.1. The average Bonchev–Trinajstić information content (AvgIpc) is 3.32. The Bertz CT molecular complexity index is 1500. The van der Waals surface area contributed by atoms with E-state index in [0.717, 1.165) is 5.69 Å². The normalized spacial score (nSPS) is 19.1. The first kappa shape index (κ1) is 27.2. The SMILES string of the molecule is COC(=O)N[C@@H]1[C@H](N)CN(c2ccncc2Nc2ncc3ccc(-c4c(F)cc(CCO)cc4F)nn23)C[C@@H]1C. The van der Waals surface area contributed by atoms with Gasteiger partial charge in [0.1, 0.15) is 11.6 Å². The number of nitrogens with two attached hydrogens (primary N) is 1. The van der Waals surface area contributed by atoms with Crippen LogP contribution in [0.1, 0.15) is 12.5 Å². The van der Waals surface area contributed by atoms with Crippen LogP contribution in [0, 0.1) is 17.6 Å². The van der Waals surface area contributed by atoms with E-state index in [9.17, 15) is 13.6 Å². The molecule has 1 aliphatic heterocycles. The number of carbonyl (C=O) groups is 1. The number of benzene rings is 1. The Kier molecular flexibility index (Phi) is 7.76. The summed E-state index contributed by atoms with van der Waals surface area (Å²) < 4.78 is 36.0. The number of carbonyl (C=O) groups excluding carboxylic acids is 1. The lowest BCUT2D eigenvalue weighted by atomic mass is 9.90. The zero-order valence-electron chi connectivity index (χ0n) is 22.0. The Morgan fingerprint density at radius 3 is 2.67 bits per heavy atom. The molecule has 4 aromatic rings. The molecule has 0 saturated carbocycles. The first-order valence-corrected chi connectivity index (χ1v) is 12.8. The number of alkyl carbamates (subject to hydrolysis) is 1. The number of fused-ring (bicyclic) bond motifs is 1. The fourth-order valence-electron chi connectivity index (χ4n) is 5.09. The summed E-state index contributed by atoms with van der Waals surface area (Å²) in [5.41, 5.74) is 8.67. The van der Waals surface area contributed by atoms with Crippen molar-refractivity contribution in [1.29, 1.82) is 0 Å². The van der Waals surface area contributed by atoms with Crippen molar-refractivity contribution in [2.75, 3.05) is 37.0 Å². The number of amides is 1. The molecule has 11 nitrogen and oxygen atoms in total. The van der Waals surface area contributed by atoms with Crippen LogP contribution in [0.15, 0.2) is 48.9 Å². The number of pyridine rings is 1. The predicted octanol–water partition coefficient (Wildman–Crippen LogP) is 2.86. The van der Waals surface area contributed by atoms with Gasteiger partial charge >= 0.3 is 6.09 Å². The number of rotatable bonds is 7. The third kappa shape index (κ3) is 5.38. The van der Waals surface area contributed by atoms with Gasteiger partial charge < -0.3 is 31.1 Å². The molecular formula is C27H30F2N8O3. The molecular weight excluding hydrogens is 522 g/mol. The van der Waals surface area contributed by atoms with Gasteiger partial charge in [0.25, 0.3) is 0 Å². The molecule has 1 fully saturated rings. The lowest BCUT2D eigenvalue weighted by Crippen LogP contribution is -2.62. The van der Waals surface area contributed by atoms with Crippen molar-refractivity contribution in [3.05, 3.63) is 66.1 Å². The number of aliphatic hydroxyl groups is 1. The van der Waals surface area contributed by atoms with Crippen molar-refractivity contribution >= 4 is 28.9 Å². The first-order valence-electron chi connectivity index (χ1n) is 12.8. The van der Waals surface area contributed by atoms with Crippen molar-refractivity contribution < 1.29 is 23.4 Å². The molecule has 5 N–H and O–H groups in total. The van der Waals surface area contributed by atoms with Crippen LogP contribution in [0.2, 0.25) is 0 Å². The van der Waals surface area contributed by atoms with Crippen LogP contribution in [-0.4, -0.2) is 69.7 Å². The fourth-order valence-corrected chi connectivity index (χ4v) is 5.09. The molecule has 3 aromatic heterocycles. The monoisotopic (exact) mass is 552 g/mol. The number of aromatic nitrogens is 4. The van der Waals surface area contributed by atoms with Gasteiger partial charge in [-0.2, -0.15) is 9.61 Å². The van der Waals surface area contributed by atoms with Crippen molar-refractivity contribution in [3.63, 3.8) is 0 Å². The molecule has 0 radical (unpaired) electrons. The second-order valence-electron chi connectivity index (χ2n) is 9.77. The van der Waals surface area contributed by atoms with Gasteiger partial charge in [0, 0.05) is 31.9 Å². The van der Waals surface area contributed by atoms with Crippen LogP contribution in [0.4, 0.5) is 30.9 Å². The van der Waals surface area contributed by atoms with Gasteiger partial charge in [0.2, 0.25) is 5.95 Å². The van der Waals surface area contributed by atoms with Crippen LogP contribution >= 0.6 is 0 Å². The van der Waals surface area contributed by atoms with E-state index in [2.05, 4.69) is 30.6 Å². The minimum atomic E-state index is -0.768. The van der Waals surface area contributed by atoms with Gasteiger partial charge in [0.05, 0.1) is 53.7 Å². The second kappa shape index (κ2) is 11.4. The highest BCUT2D eigenvalue weighted by molar-refractivity contribution is 5.74. The maximum Gasteiger partial charge on any atom is 0.407 e. The summed E-state index contributed by atoms with van der Waals surface area (Å²) in [7, 11) is 1.31. The first-order chi connectivity index (χ1) is 19.3. The van der Waals surface area contributed by atoms with E-state index in [1.807, 2.05) is 13.0 Å². The zero-order chi connectivity index (χ0) is 28.4. The minimum absolute atomic E-state index is 0.0221. The van der Waals surface area contributed by atoms with Gasteiger partial charge in [-0.15, -0.1) is 0 Å². The Balaban J connectivity index is 1.43. The third-order valence-corrected chi connectivity index (χ3v) is 7.01. The fraction of sp³-hybridized carbons (Fsp3) is 0.333. The quantitative estimate of drug-likeness (QED) is 0.272. The Labute approximate surface area is 229 Å². The number of piperidine rings is 1. The smallest absolute Gasteiger partial charge is 0.407 e. The molecule has 210 valence electrons. The number of imidazole rings is 1.